The molecule has 3 aliphatic rings. The van der Waals surface area contributed by atoms with Gasteiger partial charge in [0.15, 0.2) is 12.1 Å². The summed E-state index contributed by atoms with van der Waals surface area (Å²) >= 11 is 0. The number of fused-ring (bicyclic) bond motifs is 7. The summed E-state index contributed by atoms with van der Waals surface area (Å²) in [5.41, 5.74) is 13.2. The van der Waals surface area contributed by atoms with Gasteiger partial charge in [-0.1, -0.05) is 32.4 Å². The largest absolute Gasteiger partial charge is 0.468 e. The molecule has 1 saturated heterocycles. The first-order valence-electron chi connectivity index (χ1n) is 17.5. The standard InChI is InChI=1S/C40H50N4O5/c1-10-24-20(5)27-16-29-22(7)26(12-13-33(45)49-15-14-19(3)4)37(43-29)35-36(40(47)48-9)39(46)34-23(8)30(44-38(34)35)18-32-25(11-2)21(6)28(42-32)17-31(24)41-27/h14,16-18,22,26,33,36,41-45H,10-13,15H2,1-9H3/b28-17-,29-16-,32-18-,37-35-/t22-,26-,33?,36+/m0/s1. The molecule has 1 aliphatic carbocycles. The number of ketones is 1. The summed E-state index contributed by atoms with van der Waals surface area (Å²) < 4.78 is 11.0. The van der Waals surface area contributed by atoms with E-state index in [0.29, 0.717) is 36.3 Å². The molecule has 1 fully saturated rings. The molecule has 0 radical (unpaired) electrons. The second kappa shape index (κ2) is 13.5. The Kier molecular flexibility index (Phi) is 9.52. The Balaban J connectivity index is 1.61. The van der Waals surface area contributed by atoms with Crippen molar-refractivity contribution in [1.82, 2.24) is 20.3 Å². The van der Waals surface area contributed by atoms with E-state index in [9.17, 15) is 14.7 Å². The molecule has 1 unspecified atom stereocenters. The Labute approximate surface area is 288 Å². The van der Waals surface area contributed by atoms with Gasteiger partial charge < -0.3 is 34.8 Å². The number of rotatable bonds is 9. The van der Waals surface area contributed by atoms with Gasteiger partial charge in [0.25, 0.3) is 0 Å². The third-order valence-corrected chi connectivity index (χ3v) is 10.8. The highest BCUT2D eigenvalue weighted by Crippen LogP contribution is 2.48. The third-order valence-electron chi connectivity index (χ3n) is 10.8. The number of aromatic nitrogens is 3. The van der Waals surface area contributed by atoms with Crippen molar-refractivity contribution >= 4 is 35.6 Å². The first-order chi connectivity index (χ1) is 23.4. The lowest BCUT2D eigenvalue weighted by atomic mass is 9.85. The van der Waals surface area contributed by atoms with E-state index in [-0.39, 0.29) is 17.6 Å². The molecular formula is C40H50N4O5. The van der Waals surface area contributed by atoms with Crippen LogP contribution in [0.3, 0.4) is 0 Å². The predicted octanol–water partition coefficient (Wildman–Crippen LogP) is 5.37. The topological polar surface area (TPSA) is 132 Å². The number of aliphatic hydroxyl groups is 1. The summed E-state index contributed by atoms with van der Waals surface area (Å²) in [5.74, 6) is -2.09. The fourth-order valence-corrected chi connectivity index (χ4v) is 7.96. The second-order valence-electron chi connectivity index (χ2n) is 13.9. The number of aromatic amines is 3. The minimum Gasteiger partial charge on any atom is -0.468 e. The van der Waals surface area contributed by atoms with Crippen LogP contribution in [0.1, 0.15) is 108 Å². The number of allylic oxidation sites excluding steroid dienone is 3. The van der Waals surface area contributed by atoms with Gasteiger partial charge in [0.05, 0.1) is 19.4 Å². The van der Waals surface area contributed by atoms with Gasteiger partial charge in [-0.05, 0) is 106 Å². The average molecular weight is 667 g/mol. The molecule has 2 aliphatic heterocycles. The number of hydrogen-bond donors (Lipinski definition) is 5. The number of carbonyl (C=O) groups is 2. The Morgan fingerprint density at radius 1 is 0.939 bits per heavy atom. The molecular weight excluding hydrogens is 616 g/mol. The van der Waals surface area contributed by atoms with Gasteiger partial charge in [-0.3, -0.25) is 9.59 Å². The van der Waals surface area contributed by atoms with E-state index in [1.54, 1.807) is 0 Å². The van der Waals surface area contributed by atoms with E-state index in [1.807, 2.05) is 26.8 Å². The van der Waals surface area contributed by atoms with Crippen molar-refractivity contribution < 1.29 is 24.2 Å². The average Bonchev–Trinajstić information content (AvgIpc) is 3.80. The summed E-state index contributed by atoms with van der Waals surface area (Å²) in [5, 5.41) is 16.6. The molecule has 4 atom stereocenters. The minimum absolute atomic E-state index is 0.0113. The van der Waals surface area contributed by atoms with Gasteiger partial charge in [0, 0.05) is 62.1 Å². The minimum atomic E-state index is -1.10. The number of nitrogens with one attached hydrogen (secondary N) is 4. The molecule has 0 amide bonds. The van der Waals surface area contributed by atoms with Crippen LogP contribution in [0.15, 0.2) is 23.0 Å². The highest BCUT2D eigenvalue weighted by molar-refractivity contribution is 6.24. The maximum Gasteiger partial charge on any atom is 0.321 e. The molecule has 8 bridgehead atoms. The maximum atomic E-state index is 14.2. The van der Waals surface area contributed by atoms with Gasteiger partial charge in [-0.2, -0.15) is 0 Å². The molecule has 3 aromatic rings. The van der Waals surface area contributed by atoms with E-state index in [4.69, 9.17) is 9.47 Å². The number of esters is 1. The van der Waals surface area contributed by atoms with Crippen LogP contribution in [0, 0.1) is 38.5 Å². The van der Waals surface area contributed by atoms with Crippen molar-refractivity contribution in [3.8, 4) is 0 Å². The first kappa shape index (κ1) is 34.5. The van der Waals surface area contributed by atoms with Crippen molar-refractivity contribution in [2.24, 2.45) is 17.8 Å². The number of ether oxygens (including phenoxy) is 2. The lowest BCUT2D eigenvalue weighted by Crippen LogP contribution is -2.25. The van der Waals surface area contributed by atoms with Crippen LogP contribution < -0.4 is 16.0 Å². The Morgan fingerprint density at radius 3 is 2.31 bits per heavy atom. The Morgan fingerprint density at radius 2 is 1.63 bits per heavy atom. The number of Topliss-reactive ketones (excluding diaryl/α,β-unsaturated/α-hetero) is 1. The van der Waals surface area contributed by atoms with E-state index in [1.165, 1.54) is 29.4 Å². The second-order valence-corrected chi connectivity index (χ2v) is 13.9. The SMILES string of the molecule is CCc1c2[nH]c(c1C)/C=C1\N/C(=C3\c4[nH]c(c(C)c4C(=O)[C@@H]3C(=O)OC)/C=c3\[nH]/c(c(C)c3CC)=C\2)[C@@H](CCC(O)OCC=C(C)C)[C@@H]1C. The van der Waals surface area contributed by atoms with E-state index >= 15 is 0 Å². The monoisotopic (exact) mass is 666 g/mol. The fraction of sp³-hybridized carbons (Fsp3) is 0.450. The van der Waals surface area contributed by atoms with Crippen molar-refractivity contribution in [3.63, 3.8) is 0 Å². The van der Waals surface area contributed by atoms with Gasteiger partial charge in [-0.15, -0.1) is 0 Å². The van der Waals surface area contributed by atoms with Crippen LogP contribution in [0.2, 0.25) is 0 Å². The summed E-state index contributed by atoms with van der Waals surface area (Å²) in [6.07, 6.45) is 10.1. The lowest BCUT2D eigenvalue weighted by molar-refractivity contribution is -0.141. The van der Waals surface area contributed by atoms with Gasteiger partial charge in [0.1, 0.15) is 5.92 Å². The van der Waals surface area contributed by atoms with Crippen molar-refractivity contribution in [2.45, 2.75) is 87.4 Å². The smallest absolute Gasteiger partial charge is 0.321 e. The molecule has 5 heterocycles. The molecule has 260 valence electrons. The zero-order valence-corrected chi connectivity index (χ0v) is 30.2. The number of methoxy groups -OCH3 is 1. The van der Waals surface area contributed by atoms with Gasteiger partial charge >= 0.3 is 5.97 Å². The van der Waals surface area contributed by atoms with Crippen LogP contribution in [-0.2, 0) is 27.1 Å². The number of hydrogen-bond acceptors (Lipinski definition) is 6. The summed E-state index contributed by atoms with van der Waals surface area (Å²) in [4.78, 5) is 38.6. The zero-order valence-electron chi connectivity index (χ0n) is 30.2. The normalized spacial score (nSPS) is 24.0. The molecule has 0 spiro atoms. The van der Waals surface area contributed by atoms with E-state index in [2.05, 4.69) is 73.1 Å². The Hall–Kier alpha value is -4.34. The van der Waals surface area contributed by atoms with Gasteiger partial charge in [-0.25, -0.2) is 0 Å². The third kappa shape index (κ3) is 5.97. The summed E-state index contributed by atoms with van der Waals surface area (Å²) in [7, 11) is 1.33. The van der Waals surface area contributed by atoms with E-state index < -0.39 is 18.2 Å². The van der Waals surface area contributed by atoms with E-state index in [0.717, 1.165) is 63.2 Å². The molecule has 6 rings (SSSR count). The predicted molar refractivity (Wildman–Crippen MR) is 193 cm³/mol. The van der Waals surface area contributed by atoms with Crippen LogP contribution in [0.5, 0.6) is 0 Å². The van der Waals surface area contributed by atoms with Crippen molar-refractivity contribution in [3.05, 3.63) is 89.9 Å². The fourth-order valence-electron chi connectivity index (χ4n) is 7.96. The van der Waals surface area contributed by atoms with Crippen LogP contribution in [0.25, 0.3) is 23.8 Å². The molecule has 9 heteroatoms. The number of aliphatic hydroxyl groups excluding tert-OH is 1. The van der Waals surface area contributed by atoms with Crippen LogP contribution in [0.4, 0.5) is 0 Å². The lowest BCUT2D eigenvalue weighted by Gasteiger charge is -2.21. The van der Waals surface area contributed by atoms with Crippen molar-refractivity contribution in [1.29, 1.82) is 0 Å². The molecule has 3 aromatic heterocycles. The number of H-pyrrole nitrogens is 3. The highest BCUT2D eigenvalue weighted by Gasteiger charge is 2.48. The summed E-state index contributed by atoms with van der Waals surface area (Å²) in [6.45, 7) is 17.1. The van der Waals surface area contributed by atoms with Crippen LogP contribution in [-0.4, -0.2) is 51.8 Å². The van der Waals surface area contributed by atoms with Gasteiger partial charge in [0.2, 0.25) is 0 Å². The zero-order chi connectivity index (χ0) is 35.3. The van der Waals surface area contributed by atoms with Crippen molar-refractivity contribution in [2.75, 3.05) is 13.7 Å². The maximum absolute atomic E-state index is 14.2. The number of carbonyl (C=O) groups excluding carboxylic acids is 2. The first-order valence-corrected chi connectivity index (χ1v) is 17.5. The molecule has 0 aromatic carbocycles. The highest BCUT2D eigenvalue weighted by atomic mass is 16.6. The molecule has 9 nitrogen and oxygen atoms in total. The Bertz CT molecular complexity index is 2040. The molecule has 49 heavy (non-hydrogen) atoms. The quantitative estimate of drug-likeness (QED) is 0.0904. The van der Waals surface area contributed by atoms with Crippen LogP contribution >= 0.6 is 0 Å². The molecule has 0 saturated carbocycles. The molecule has 5 N–H and O–H groups in total. The summed E-state index contributed by atoms with van der Waals surface area (Å²) in [6, 6.07) is 0.